The van der Waals surface area contributed by atoms with Crippen LogP contribution < -0.4 is 15.0 Å². The van der Waals surface area contributed by atoms with Crippen LogP contribution in [0.2, 0.25) is 0 Å². The first-order valence-electron chi connectivity index (χ1n) is 11.1. The summed E-state index contributed by atoms with van der Waals surface area (Å²) in [5.74, 6) is 2.07. The number of aromatic nitrogens is 4. The van der Waals surface area contributed by atoms with Crippen molar-refractivity contribution < 1.29 is 17.9 Å². The average molecular weight is 471 g/mol. The Bertz CT molecular complexity index is 1380. The van der Waals surface area contributed by atoms with Gasteiger partial charge >= 0.3 is 0 Å². The molecule has 10 nitrogen and oxygen atoms in total. The first-order valence-corrected chi connectivity index (χ1v) is 13.0. The van der Waals surface area contributed by atoms with Gasteiger partial charge in [-0.25, -0.2) is 23.0 Å². The van der Waals surface area contributed by atoms with Gasteiger partial charge in [-0.3, -0.25) is 0 Å². The molecule has 1 saturated carbocycles. The van der Waals surface area contributed by atoms with Crippen LogP contribution in [0.4, 0.5) is 11.8 Å². The van der Waals surface area contributed by atoms with Crippen molar-refractivity contribution >= 4 is 32.6 Å². The fourth-order valence-electron chi connectivity index (χ4n) is 4.87. The quantitative estimate of drug-likeness (QED) is 0.610. The minimum absolute atomic E-state index is 0.0289. The van der Waals surface area contributed by atoms with E-state index in [-0.39, 0.29) is 6.04 Å². The van der Waals surface area contributed by atoms with E-state index >= 15 is 0 Å². The third-order valence-electron chi connectivity index (χ3n) is 6.83. The van der Waals surface area contributed by atoms with E-state index in [1.807, 2.05) is 29.7 Å². The smallest absolute Gasteiger partial charge is 0.239 e. The van der Waals surface area contributed by atoms with E-state index in [1.165, 1.54) is 6.26 Å². The van der Waals surface area contributed by atoms with E-state index in [4.69, 9.17) is 24.4 Å². The summed E-state index contributed by atoms with van der Waals surface area (Å²) < 4.78 is 38.3. The van der Waals surface area contributed by atoms with Gasteiger partial charge in [-0.15, -0.1) is 0 Å². The van der Waals surface area contributed by atoms with Crippen molar-refractivity contribution in [2.75, 3.05) is 49.9 Å². The topological polar surface area (TPSA) is 111 Å². The van der Waals surface area contributed by atoms with Gasteiger partial charge in [0.2, 0.25) is 11.9 Å². The maximum atomic E-state index is 12.9. The molecule has 1 aliphatic carbocycles. The van der Waals surface area contributed by atoms with E-state index in [9.17, 15) is 8.42 Å². The molecule has 1 aromatic carbocycles. The highest BCUT2D eigenvalue weighted by Crippen LogP contribution is 2.56. The van der Waals surface area contributed by atoms with Crippen LogP contribution in [0.5, 0.6) is 5.75 Å². The number of ether oxygens (including phenoxy) is 2. The fourth-order valence-corrected chi connectivity index (χ4v) is 6.21. The Labute approximate surface area is 191 Å². The lowest BCUT2D eigenvalue weighted by Gasteiger charge is -2.41. The maximum absolute atomic E-state index is 12.9. The van der Waals surface area contributed by atoms with E-state index < -0.39 is 14.6 Å². The molecule has 33 heavy (non-hydrogen) atoms. The van der Waals surface area contributed by atoms with Gasteiger partial charge in [0.1, 0.15) is 17.0 Å². The molecule has 6 rings (SSSR count). The molecule has 2 aliphatic heterocycles. The van der Waals surface area contributed by atoms with Crippen molar-refractivity contribution in [2.45, 2.75) is 30.6 Å². The Kier molecular flexibility index (Phi) is 4.41. The van der Waals surface area contributed by atoms with Gasteiger partial charge in [-0.2, -0.15) is 4.98 Å². The highest BCUT2D eigenvalue weighted by Gasteiger charge is 2.58. The molecule has 1 saturated heterocycles. The van der Waals surface area contributed by atoms with E-state index in [0.29, 0.717) is 68.4 Å². The number of hydrogen-bond acceptors (Lipinski definition) is 9. The fraction of sp³-hybridized carbons (Fsp3) is 0.500. The number of fused-ring (bicyclic) bond motifs is 4. The number of anilines is 2. The molecule has 174 valence electrons. The number of morpholine rings is 1. The van der Waals surface area contributed by atoms with Gasteiger partial charge in [-0.1, -0.05) is 6.07 Å². The molecular weight excluding hydrogens is 444 g/mol. The van der Waals surface area contributed by atoms with Gasteiger partial charge < -0.3 is 19.7 Å². The predicted molar refractivity (Wildman–Crippen MR) is 124 cm³/mol. The minimum Gasteiger partial charge on any atom is -0.486 e. The molecule has 4 heterocycles. The van der Waals surface area contributed by atoms with Crippen molar-refractivity contribution in [3.63, 3.8) is 0 Å². The molecule has 3 aromatic rings. The summed E-state index contributed by atoms with van der Waals surface area (Å²) in [4.78, 5) is 16.7. The number of imidazole rings is 1. The van der Waals surface area contributed by atoms with E-state index in [1.54, 1.807) is 7.05 Å². The Morgan fingerprint density at radius 1 is 1.18 bits per heavy atom. The largest absolute Gasteiger partial charge is 0.486 e. The van der Waals surface area contributed by atoms with Crippen LogP contribution in [0.1, 0.15) is 24.1 Å². The second-order valence-corrected chi connectivity index (χ2v) is 11.4. The van der Waals surface area contributed by atoms with Crippen LogP contribution in [0.15, 0.2) is 18.2 Å². The zero-order valence-electron chi connectivity index (χ0n) is 18.8. The minimum atomic E-state index is -3.41. The van der Waals surface area contributed by atoms with E-state index in [2.05, 4.69) is 10.2 Å². The monoisotopic (exact) mass is 470 g/mol. The van der Waals surface area contributed by atoms with Crippen LogP contribution in [0, 0.1) is 6.92 Å². The maximum Gasteiger partial charge on any atom is 0.239 e. The Morgan fingerprint density at radius 2 is 2.00 bits per heavy atom. The number of sulfone groups is 1. The number of hydrogen-bond donors (Lipinski definition) is 1. The third-order valence-corrected chi connectivity index (χ3v) is 8.86. The molecule has 1 unspecified atom stereocenters. The molecule has 3 aliphatic rings. The molecule has 0 radical (unpaired) electrons. The third kappa shape index (κ3) is 3.02. The zero-order chi connectivity index (χ0) is 23.0. The molecule has 2 aromatic heterocycles. The molecule has 11 heteroatoms. The second-order valence-electron chi connectivity index (χ2n) is 9.04. The normalized spacial score (nSPS) is 21.3. The van der Waals surface area contributed by atoms with Gasteiger partial charge in [-0.05, 0) is 37.5 Å². The number of aryl methyl sites for hydroxylation is 1. The summed E-state index contributed by atoms with van der Waals surface area (Å²) in [6.07, 6.45) is 2.32. The molecule has 0 spiro atoms. The summed E-state index contributed by atoms with van der Waals surface area (Å²) >= 11 is 0. The van der Waals surface area contributed by atoms with Crippen molar-refractivity contribution in [2.24, 2.45) is 0 Å². The lowest BCUT2D eigenvalue weighted by molar-refractivity contribution is 0.0692. The van der Waals surface area contributed by atoms with Crippen LogP contribution in [0.25, 0.3) is 17.0 Å². The van der Waals surface area contributed by atoms with Crippen LogP contribution in [-0.4, -0.2) is 73.6 Å². The van der Waals surface area contributed by atoms with Crippen LogP contribution in [-0.2, 0) is 19.3 Å². The standard InChI is InChI=1S/C22H26N6O4S/c1-13-4-5-16-15(10-13)24-20(23-2)28(16)21-25-18(22(6-7-22)33(3,29)30)17-19(26-21)27-8-9-31-11-14(27)12-32-17/h4-5,10,14H,6-9,11-12H2,1-3H3,(H,23,24). The average Bonchev–Trinajstić information content (AvgIpc) is 3.54. The molecule has 1 N–H and O–H groups in total. The molecule has 0 bridgehead atoms. The predicted octanol–water partition coefficient (Wildman–Crippen LogP) is 1.80. The number of benzene rings is 1. The van der Waals surface area contributed by atoms with Crippen molar-refractivity contribution in [3.8, 4) is 11.7 Å². The van der Waals surface area contributed by atoms with Crippen molar-refractivity contribution in [1.29, 1.82) is 0 Å². The summed E-state index contributed by atoms with van der Waals surface area (Å²) in [7, 11) is -1.61. The number of rotatable bonds is 4. The molecule has 0 amide bonds. The Morgan fingerprint density at radius 3 is 2.73 bits per heavy atom. The van der Waals surface area contributed by atoms with Gasteiger partial charge in [0.25, 0.3) is 0 Å². The SMILES string of the molecule is CNc1nc2cc(C)ccc2n1-c1nc2c(c(C3(S(C)(=O)=O)CC3)n1)OCC1COCCN21. The summed E-state index contributed by atoms with van der Waals surface area (Å²) in [6, 6.07) is 6.03. The van der Waals surface area contributed by atoms with Crippen LogP contribution >= 0.6 is 0 Å². The number of nitrogens with one attached hydrogen (secondary N) is 1. The Balaban J connectivity index is 1.64. The summed E-state index contributed by atoms with van der Waals surface area (Å²) in [5.41, 5.74) is 3.20. The summed E-state index contributed by atoms with van der Waals surface area (Å²) in [5, 5.41) is 3.13. The van der Waals surface area contributed by atoms with Gasteiger partial charge in [0, 0.05) is 19.8 Å². The van der Waals surface area contributed by atoms with Crippen molar-refractivity contribution in [3.05, 3.63) is 29.5 Å². The first-order chi connectivity index (χ1) is 15.8. The summed E-state index contributed by atoms with van der Waals surface area (Å²) in [6.45, 7) is 4.21. The highest BCUT2D eigenvalue weighted by molar-refractivity contribution is 7.92. The van der Waals surface area contributed by atoms with E-state index in [0.717, 1.165) is 16.6 Å². The van der Waals surface area contributed by atoms with Gasteiger partial charge in [0.15, 0.2) is 21.4 Å². The Hall–Kier alpha value is -2.92. The highest BCUT2D eigenvalue weighted by atomic mass is 32.2. The lowest BCUT2D eigenvalue weighted by atomic mass is 10.1. The molecular formula is C22H26N6O4S. The second kappa shape index (κ2) is 7.04. The van der Waals surface area contributed by atoms with Crippen molar-refractivity contribution in [1.82, 2.24) is 19.5 Å². The van der Waals surface area contributed by atoms with Crippen LogP contribution in [0.3, 0.4) is 0 Å². The molecule has 2 fully saturated rings. The van der Waals surface area contributed by atoms with Gasteiger partial charge in [0.05, 0.1) is 30.3 Å². The number of nitrogens with zero attached hydrogens (tertiary/aromatic N) is 5. The zero-order valence-corrected chi connectivity index (χ0v) is 19.6. The first kappa shape index (κ1) is 20.7. The molecule has 1 atom stereocenters. The lowest BCUT2D eigenvalue weighted by Crippen LogP contribution is -2.52.